The maximum absolute atomic E-state index is 13.8. The van der Waals surface area contributed by atoms with Gasteiger partial charge in [-0.2, -0.15) is 4.98 Å². The van der Waals surface area contributed by atoms with E-state index in [-0.39, 0.29) is 23.3 Å². The Kier molecular flexibility index (Phi) is 5.15. The van der Waals surface area contributed by atoms with Crippen LogP contribution < -0.4 is 0 Å². The van der Waals surface area contributed by atoms with Gasteiger partial charge in [0.1, 0.15) is 11.1 Å². The number of halogens is 1. The van der Waals surface area contributed by atoms with Crippen LogP contribution in [0.1, 0.15) is 40.3 Å². The molecule has 0 aliphatic rings. The molecular formula is C20H21FN2O3S. The molecule has 27 heavy (non-hydrogen) atoms. The zero-order valence-electron chi connectivity index (χ0n) is 15.7. The summed E-state index contributed by atoms with van der Waals surface area (Å²) in [6.07, 6.45) is 0. The Hall–Kier alpha value is -2.54. The number of aryl methyl sites for hydroxylation is 3. The van der Waals surface area contributed by atoms with Crippen molar-refractivity contribution >= 4 is 9.84 Å². The number of aromatic nitrogens is 2. The van der Waals surface area contributed by atoms with Crippen LogP contribution in [0.4, 0.5) is 4.39 Å². The molecule has 0 fully saturated rings. The van der Waals surface area contributed by atoms with Crippen molar-refractivity contribution in [1.29, 1.82) is 0 Å². The number of nitrogens with zero attached hydrogens (tertiary/aromatic N) is 2. The van der Waals surface area contributed by atoms with E-state index in [1.165, 1.54) is 13.0 Å². The van der Waals surface area contributed by atoms with Gasteiger partial charge < -0.3 is 4.52 Å². The molecule has 142 valence electrons. The standard InChI is InChI=1S/C20H21FN2O3S/c1-12-5-6-13(2)17(9-12)11-27(24,25)15(4)20-22-19(23-26-20)16-8-7-14(3)18(21)10-16/h5-10,15H,11H2,1-4H3. The summed E-state index contributed by atoms with van der Waals surface area (Å²) in [6, 6.07) is 10.3. The molecule has 3 aromatic rings. The van der Waals surface area contributed by atoms with E-state index in [1.54, 1.807) is 19.1 Å². The minimum Gasteiger partial charge on any atom is -0.338 e. The molecule has 0 amide bonds. The van der Waals surface area contributed by atoms with Gasteiger partial charge in [0.05, 0.1) is 5.75 Å². The first-order valence-electron chi connectivity index (χ1n) is 8.55. The molecule has 0 N–H and O–H groups in total. The van der Waals surface area contributed by atoms with Crippen LogP contribution in [-0.4, -0.2) is 18.6 Å². The molecule has 0 spiro atoms. The molecule has 3 rings (SSSR count). The average Bonchev–Trinajstić information content (AvgIpc) is 3.09. The largest absolute Gasteiger partial charge is 0.338 e. The van der Waals surface area contributed by atoms with Crippen LogP contribution in [0.5, 0.6) is 0 Å². The normalized spacial score (nSPS) is 12.9. The van der Waals surface area contributed by atoms with Gasteiger partial charge in [-0.15, -0.1) is 0 Å². The van der Waals surface area contributed by atoms with Crippen molar-refractivity contribution in [2.24, 2.45) is 0 Å². The van der Waals surface area contributed by atoms with Crippen LogP contribution in [0.3, 0.4) is 0 Å². The minimum absolute atomic E-state index is 0.00344. The first-order valence-corrected chi connectivity index (χ1v) is 10.3. The van der Waals surface area contributed by atoms with Gasteiger partial charge in [-0.25, -0.2) is 12.8 Å². The Balaban J connectivity index is 1.86. The summed E-state index contributed by atoms with van der Waals surface area (Å²) in [7, 11) is -3.56. The lowest BCUT2D eigenvalue weighted by molar-refractivity contribution is 0.377. The van der Waals surface area contributed by atoms with E-state index in [1.807, 2.05) is 32.0 Å². The first kappa shape index (κ1) is 19.2. The maximum atomic E-state index is 13.8. The molecule has 1 unspecified atom stereocenters. The minimum atomic E-state index is -3.56. The van der Waals surface area contributed by atoms with E-state index in [0.717, 1.165) is 16.7 Å². The predicted octanol–water partition coefficient (Wildman–Crippen LogP) is 4.48. The zero-order valence-corrected chi connectivity index (χ0v) is 16.5. The van der Waals surface area contributed by atoms with Crippen molar-refractivity contribution in [3.05, 3.63) is 70.4 Å². The molecule has 7 heteroatoms. The Morgan fingerprint density at radius 3 is 2.48 bits per heavy atom. The monoisotopic (exact) mass is 388 g/mol. The van der Waals surface area contributed by atoms with E-state index >= 15 is 0 Å². The molecule has 0 bridgehead atoms. The summed E-state index contributed by atoms with van der Waals surface area (Å²) < 4.78 is 44.6. The molecule has 1 aromatic heterocycles. The third-order valence-corrected chi connectivity index (χ3v) is 6.61. The van der Waals surface area contributed by atoms with Crippen LogP contribution in [0.25, 0.3) is 11.4 Å². The molecule has 0 radical (unpaired) electrons. The van der Waals surface area contributed by atoms with Crippen molar-refractivity contribution in [3.63, 3.8) is 0 Å². The Bertz CT molecular complexity index is 1090. The quantitative estimate of drug-likeness (QED) is 0.644. The lowest BCUT2D eigenvalue weighted by Gasteiger charge is -2.11. The van der Waals surface area contributed by atoms with E-state index in [2.05, 4.69) is 10.1 Å². The van der Waals surface area contributed by atoms with E-state index in [4.69, 9.17) is 4.52 Å². The number of benzene rings is 2. The summed E-state index contributed by atoms with van der Waals surface area (Å²) in [5.74, 6) is -0.332. The Morgan fingerprint density at radius 2 is 1.78 bits per heavy atom. The lowest BCUT2D eigenvalue weighted by atomic mass is 10.1. The molecule has 0 saturated carbocycles. The van der Waals surface area contributed by atoms with E-state index < -0.39 is 15.1 Å². The molecule has 0 saturated heterocycles. The summed E-state index contributed by atoms with van der Waals surface area (Å²) >= 11 is 0. The molecule has 1 heterocycles. The number of rotatable bonds is 5. The highest BCUT2D eigenvalue weighted by molar-refractivity contribution is 7.90. The summed E-state index contributed by atoms with van der Waals surface area (Å²) in [6.45, 7) is 6.98. The highest BCUT2D eigenvalue weighted by Gasteiger charge is 2.29. The first-order chi connectivity index (χ1) is 12.7. The summed E-state index contributed by atoms with van der Waals surface area (Å²) in [4.78, 5) is 4.18. The van der Waals surface area contributed by atoms with Crippen LogP contribution in [0.15, 0.2) is 40.9 Å². The lowest BCUT2D eigenvalue weighted by Crippen LogP contribution is -2.14. The number of sulfone groups is 1. The van der Waals surface area contributed by atoms with Crippen molar-refractivity contribution in [2.45, 2.75) is 38.7 Å². The van der Waals surface area contributed by atoms with E-state index in [9.17, 15) is 12.8 Å². The Labute approximate surface area is 158 Å². The van der Waals surface area contributed by atoms with Crippen LogP contribution in [0.2, 0.25) is 0 Å². The molecule has 0 aliphatic heterocycles. The Morgan fingerprint density at radius 1 is 1.07 bits per heavy atom. The third-order valence-electron chi connectivity index (χ3n) is 4.62. The van der Waals surface area contributed by atoms with Crippen molar-refractivity contribution in [3.8, 4) is 11.4 Å². The van der Waals surface area contributed by atoms with Gasteiger partial charge in [-0.3, -0.25) is 0 Å². The smallest absolute Gasteiger partial charge is 0.245 e. The maximum Gasteiger partial charge on any atom is 0.245 e. The summed E-state index contributed by atoms with van der Waals surface area (Å²) in [5.41, 5.74) is 3.61. The van der Waals surface area contributed by atoms with Crippen molar-refractivity contribution in [1.82, 2.24) is 10.1 Å². The highest BCUT2D eigenvalue weighted by Crippen LogP contribution is 2.28. The second-order valence-corrected chi connectivity index (χ2v) is 9.12. The number of hydrogen-bond donors (Lipinski definition) is 0. The van der Waals surface area contributed by atoms with E-state index in [0.29, 0.717) is 11.1 Å². The second-order valence-electron chi connectivity index (χ2n) is 6.80. The van der Waals surface area contributed by atoms with Gasteiger partial charge in [-0.05, 0) is 50.5 Å². The van der Waals surface area contributed by atoms with Gasteiger partial charge in [0.25, 0.3) is 0 Å². The zero-order chi connectivity index (χ0) is 19.8. The van der Waals surface area contributed by atoms with Crippen LogP contribution in [0, 0.1) is 26.6 Å². The van der Waals surface area contributed by atoms with Gasteiger partial charge in [-0.1, -0.05) is 41.1 Å². The highest BCUT2D eigenvalue weighted by atomic mass is 32.2. The molecule has 2 aromatic carbocycles. The average molecular weight is 388 g/mol. The van der Waals surface area contributed by atoms with Gasteiger partial charge in [0.2, 0.25) is 11.7 Å². The van der Waals surface area contributed by atoms with Crippen LogP contribution in [-0.2, 0) is 15.6 Å². The van der Waals surface area contributed by atoms with Crippen molar-refractivity contribution in [2.75, 3.05) is 0 Å². The van der Waals surface area contributed by atoms with Crippen LogP contribution >= 0.6 is 0 Å². The fraction of sp³-hybridized carbons (Fsp3) is 0.300. The van der Waals surface area contributed by atoms with Crippen molar-refractivity contribution < 1.29 is 17.3 Å². The topological polar surface area (TPSA) is 73.1 Å². The predicted molar refractivity (Wildman–Crippen MR) is 101 cm³/mol. The third kappa shape index (κ3) is 4.08. The SMILES string of the molecule is Cc1ccc(C)c(CS(=O)(=O)C(C)c2nc(-c3ccc(C)c(F)c3)no2)c1. The molecule has 0 aliphatic carbocycles. The number of hydrogen-bond acceptors (Lipinski definition) is 5. The fourth-order valence-corrected chi connectivity index (χ4v) is 4.10. The van der Waals surface area contributed by atoms with Gasteiger partial charge >= 0.3 is 0 Å². The van der Waals surface area contributed by atoms with Gasteiger partial charge in [0, 0.05) is 5.56 Å². The molecular weight excluding hydrogens is 367 g/mol. The fourth-order valence-electron chi connectivity index (χ4n) is 2.70. The molecule has 1 atom stereocenters. The van der Waals surface area contributed by atoms with Gasteiger partial charge in [0.15, 0.2) is 9.84 Å². The summed E-state index contributed by atoms with van der Waals surface area (Å²) in [5, 5.41) is 2.85. The molecule has 5 nitrogen and oxygen atoms in total. The second kappa shape index (κ2) is 7.23.